The van der Waals surface area contributed by atoms with Gasteiger partial charge in [0.05, 0.1) is 13.1 Å². The molecule has 1 N–H and O–H groups in total. The minimum atomic E-state index is 0.716. The van der Waals surface area contributed by atoms with E-state index in [-0.39, 0.29) is 0 Å². The Labute approximate surface area is 113 Å². The second-order valence-electron chi connectivity index (χ2n) is 5.30. The summed E-state index contributed by atoms with van der Waals surface area (Å²) < 4.78 is 8.10. The number of hydrogen-bond acceptors (Lipinski definition) is 3. The summed E-state index contributed by atoms with van der Waals surface area (Å²) in [5.74, 6) is 3.18. The standard InChI is InChI=1S/C15H21N3O/c1-3-15-16-6-7-18(15)10-13-8-11(2)14(19-13)9-17-12-4-5-12/h6-8,12,17H,3-5,9-10H2,1-2H3. The van der Waals surface area contributed by atoms with Crippen LogP contribution in [0.2, 0.25) is 0 Å². The van der Waals surface area contributed by atoms with E-state index in [1.165, 1.54) is 18.4 Å². The van der Waals surface area contributed by atoms with Crippen molar-refractivity contribution in [2.24, 2.45) is 0 Å². The maximum absolute atomic E-state index is 5.95. The van der Waals surface area contributed by atoms with Gasteiger partial charge < -0.3 is 14.3 Å². The Morgan fingerprint density at radius 3 is 3.05 bits per heavy atom. The first-order valence-corrected chi connectivity index (χ1v) is 7.08. The van der Waals surface area contributed by atoms with Gasteiger partial charge in [0.25, 0.3) is 0 Å². The second kappa shape index (κ2) is 5.21. The quantitative estimate of drug-likeness (QED) is 0.867. The number of hydrogen-bond donors (Lipinski definition) is 1. The Morgan fingerprint density at radius 1 is 1.47 bits per heavy atom. The largest absolute Gasteiger partial charge is 0.463 e. The number of nitrogens with zero attached hydrogens (tertiary/aromatic N) is 2. The van der Waals surface area contributed by atoms with Crippen LogP contribution >= 0.6 is 0 Å². The highest BCUT2D eigenvalue weighted by Crippen LogP contribution is 2.21. The lowest BCUT2D eigenvalue weighted by Crippen LogP contribution is -2.15. The first kappa shape index (κ1) is 12.5. The van der Waals surface area contributed by atoms with Crippen LogP contribution in [0.4, 0.5) is 0 Å². The highest BCUT2D eigenvalue weighted by molar-refractivity contribution is 5.20. The van der Waals surface area contributed by atoms with Crippen LogP contribution < -0.4 is 5.32 Å². The van der Waals surface area contributed by atoms with Crippen LogP contribution in [0.3, 0.4) is 0 Å². The maximum atomic E-state index is 5.95. The van der Waals surface area contributed by atoms with Crippen molar-refractivity contribution in [3.8, 4) is 0 Å². The Bertz CT molecular complexity index is 551. The molecule has 0 saturated heterocycles. The van der Waals surface area contributed by atoms with E-state index in [0.29, 0.717) is 6.04 Å². The van der Waals surface area contributed by atoms with Crippen molar-refractivity contribution >= 4 is 0 Å². The number of rotatable bonds is 6. The molecule has 4 heteroatoms. The van der Waals surface area contributed by atoms with E-state index in [2.05, 4.69) is 34.8 Å². The molecule has 0 amide bonds. The van der Waals surface area contributed by atoms with Crippen LogP contribution in [0.1, 0.15) is 42.7 Å². The highest BCUT2D eigenvalue weighted by atomic mass is 16.3. The van der Waals surface area contributed by atoms with Crippen molar-refractivity contribution in [3.05, 3.63) is 41.4 Å². The summed E-state index contributed by atoms with van der Waals surface area (Å²) in [6.45, 7) is 5.86. The van der Waals surface area contributed by atoms with Gasteiger partial charge in [0.1, 0.15) is 17.3 Å². The fraction of sp³-hybridized carbons (Fsp3) is 0.533. The normalized spacial score (nSPS) is 15.1. The molecular formula is C15H21N3O. The maximum Gasteiger partial charge on any atom is 0.124 e. The van der Waals surface area contributed by atoms with E-state index in [0.717, 1.165) is 36.9 Å². The number of imidazole rings is 1. The van der Waals surface area contributed by atoms with Crippen molar-refractivity contribution in [2.45, 2.75) is 52.2 Å². The molecule has 2 heterocycles. The summed E-state index contributed by atoms with van der Waals surface area (Å²) in [6, 6.07) is 2.86. The molecule has 102 valence electrons. The molecular weight excluding hydrogens is 238 g/mol. The minimum Gasteiger partial charge on any atom is -0.463 e. The molecule has 3 rings (SSSR count). The SMILES string of the molecule is CCc1nccn1Cc1cc(C)c(CNC2CC2)o1. The van der Waals surface area contributed by atoms with Gasteiger partial charge in [-0.1, -0.05) is 6.92 Å². The molecule has 19 heavy (non-hydrogen) atoms. The first-order chi connectivity index (χ1) is 9.26. The summed E-state index contributed by atoms with van der Waals surface area (Å²) in [7, 11) is 0. The summed E-state index contributed by atoms with van der Waals surface area (Å²) in [4.78, 5) is 4.34. The van der Waals surface area contributed by atoms with E-state index in [9.17, 15) is 0 Å². The van der Waals surface area contributed by atoms with Crippen LogP contribution in [0.25, 0.3) is 0 Å². The molecule has 0 aliphatic heterocycles. The lowest BCUT2D eigenvalue weighted by atomic mass is 10.2. The molecule has 0 aromatic carbocycles. The topological polar surface area (TPSA) is 43.0 Å². The van der Waals surface area contributed by atoms with Gasteiger partial charge in [-0.2, -0.15) is 0 Å². The number of aryl methyl sites for hydroxylation is 2. The first-order valence-electron chi connectivity index (χ1n) is 7.08. The van der Waals surface area contributed by atoms with Gasteiger partial charge in [-0.25, -0.2) is 4.98 Å². The zero-order valence-corrected chi connectivity index (χ0v) is 11.6. The lowest BCUT2D eigenvalue weighted by molar-refractivity contribution is 0.433. The summed E-state index contributed by atoms with van der Waals surface area (Å²) in [5, 5.41) is 3.50. The molecule has 1 aliphatic carbocycles. The van der Waals surface area contributed by atoms with Gasteiger partial charge in [0.2, 0.25) is 0 Å². The van der Waals surface area contributed by atoms with E-state index in [1.54, 1.807) is 0 Å². The Kier molecular flexibility index (Phi) is 3.42. The van der Waals surface area contributed by atoms with Gasteiger partial charge >= 0.3 is 0 Å². The Balaban J connectivity index is 1.68. The lowest BCUT2D eigenvalue weighted by Gasteiger charge is -2.04. The molecule has 0 unspecified atom stereocenters. The zero-order valence-electron chi connectivity index (χ0n) is 11.6. The van der Waals surface area contributed by atoms with E-state index in [1.807, 2.05) is 12.4 Å². The fourth-order valence-corrected chi connectivity index (χ4v) is 2.33. The van der Waals surface area contributed by atoms with E-state index >= 15 is 0 Å². The summed E-state index contributed by atoms with van der Waals surface area (Å²) >= 11 is 0. The van der Waals surface area contributed by atoms with Crippen LogP contribution in [0.15, 0.2) is 22.9 Å². The van der Waals surface area contributed by atoms with Gasteiger partial charge in [-0.05, 0) is 31.4 Å². The van der Waals surface area contributed by atoms with Crippen molar-refractivity contribution in [1.29, 1.82) is 0 Å². The molecule has 0 bridgehead atoms. The number of aromatic nitrogens is 2. The van der Waals surface area contributed by atoms with E-state index < -0.39 is 0 Å². The molecule has 1 saturated carbocycles. The van der Waals surface area contributed by atoms with Crippen LogP contribution in [-0.4, -0.2) is 15.6 Å². The fourth-order valence-electron chi connectivity index (χ4n) is 2.33. The van der Waals surface area contributed by atoms with Crippen molar-refractivity contribution < 1.29 is 4.42 Å². The summed E-state index contributed by atoms with van der Waals surface area (Å²) in [5.41, 5.74) is 1.24. The molecule has 0 radical (unpaired) electrons. The van der Waals surface area contributed by atoms with Crippen molar-refractivity contribution in [3.63, 3.8) is 0 Å². The zero-order chi connectivity index (χ0) is 13.2. The predicted molar refractivity (Wildman–Crippen MR) is 74.0 cm³/mol. The van der Waals surface area contributed by atoms with Gasteiger partial charge in [0.15, 0.2) is 0 Å². The third kappa shape index (κ3) is 2.89. The molecule has 4 nitrogen and oxygen atoms in total. The molecule has 0 atom stereocenters. The number of furan rings is 1. The minimum absolute atomic E-state index is 0.716. The third-order valence-electron chi connectivity index (χ3n) is 3.64. The van der Waals surface area contributed by atoms with Crippen LogP contribution in [0.5, 0.6) is 0 Å². The Morgan fingerprint density at radius 2 is 2.32 bits per heavy atom. The van der Waals surface area contributed by atoms with Crippen molar-refractivity contribution in [1.82, 2.24) is 14.9 Å². The summed E-state index contributed by atoms with van der Waals surface area (Å²) in [6.07, 6.45) is 7.43. The van der Waals surface area contributed by atoms with Crippen molar-refractivity contribution in [2.75, 3.05) is 0 Å². The smallest absolute Gasteiger partial charge is 0.124 e. The average molecular weight is 259 g/mol. The molecule has 2 aromatic heterocycles. The molecule has 0 spiro atoms. The molecule has 1 aliphatic rings. The average Bonchev–Trinajstić information content (AvgIpc) is 3.02. The van der Waals surface area contributed by atoms with Gasteiger partial charge in [-0.3, -0.25) is 0 Å². The molecule has 1 fully saturated rings. The third-order valence-corrected chi connectivity index (χ3v) is 3.64. The van der Waals surface area contributed by atoms with Crippen LogP contribution in [-0.2, 0) is 19.5 Å². The monoisotopic (exact) mass is 259 g/mol. The van der Waals surface area contributed by atoms with E-state index in [4.69, 9.17) is 4.42 Å². The number of nitrogens with one attached hydrogen (secondary N) is 1. The second-order valence-corrected chi connectivity index (χ2v) is 5.30. The van der Waals surface area contributed by atoms with Gasteiger partial charge in [0, 0.05) is 24.9 Å². The highest BCUT2D eigenvalue weighted by Gasteiger charge is 2.21. The Hall–Kier alpha value is -1.55. The van der Waals surface area contributed by atoms with Crippen LogP contribution in [0, 0.1) is 6.92 Å². The molecule has 2 aromatic rings. The van der Waals surface area contributed by atoms with Gasteiger partial charge in [-0.15, -0.1) is 0 Å². The predicted octanol–water partition coefficient (Wildman–Crippen LogP) is 2.65.